The number of nitrogens with one attached hydrogen (secondary N) is 2. The molecular formula is C22H34N4O4S. The molecule has 1 aromatic rings. The zero-order chi connectivity index (χ0) is 22.8. The minimum atomic E-state index is -3.76. The molecule has 2 aliphatic rings. The molecule has 0 radical (unpaired) electrons. The number of hydrogen-bond acceptors (Lipinski definition) is 5. The van der Waals surface area contributed by atoms with E-state index in [2.05, 4.69) is 43.2 Å². The number of hydrogen-bond donors (Lipinski definition) is 2. The van der Waals surface area contributed by atoms with Crippen molar-refractivity contribution in [3.63, 3.8) is 0 Å². The second-order valence-corrected chi connectivity index (χ2v) is 11.5. The van der Waals surface area contributed by atoms with Gasteiger partial charge in [-0.2, -0.15) is 4.31 Å². The Kier molecular flexibility index (Phi) is 7.08. The summed E-state index contributed by atoms with van der Waals surface area (Å²) in [6, 6.07) is 5.89. The van der Waals surface area contributed by atoms with Crippen molar-refractivity contribution in [1.29, 1.82) is 0 Å². The second kappa shape index (κ2) is 9.26. The maximum absolute atomic E-state index is 12.7. The average molecular weight is 451 g/mol. The van der Waals surface area contributed by atoms with Gasteiger partial charge in [-0.3, -0.25) is 14.5 Å². The molecule has 2 amide bonds. The van der Waals surface area contributed by atoms with E-state index in [1.54, 1.807) is 0 Å². The summed E-state index contributed by atoms with van der Waals surface area (Å²) in [6.07, 6.45) is 1.23. The second-order valence-electron chi connectivity index (χ2n) is 9.56. The van der Waals surface area contributed by atoms with Gasteiger partial charge in [-0.25, -0.2) is 8.42 Å². The summed E-state index contributed by atoms with van der Waals surface area (Å²) in [6.45, 7) is 11.7. The molecule has 2 unspecified atom stereocenters. The number of benzene rings is 1. The summed E-state index contributed by atoms with van der Waals surface area (Å²) in [7, 11) is -3.76. The van der Waals surface area contributed by atoms with Crippen molar-refractivity contribution in [2.24, 2.45) is 11.8 Å². The van der Waals surface area contributed by atoms with Gasteiger partial charge in [0.25, 0.3) is 5.91 Å². The lowest BCUT2D eigenvalue weighted by Crippen LogP contribution is -2.56. The summed E-state index contributed by atoms with van der Waals surface area (Å²) < 4.78 is 26.6. The summed E-state index contributed by atoms with van der Waals surface area (Å²) in [5, 5.41) is 5.61. The van der Waals surface area contributed by atoms with E-state index in [1.165, 1.54) is 30.7 Å². The molecule has 2 N–H and O–H groups in total. The number of carbonyl (C=O) groups excluding carboxylic acids is 2. The normalized spacial score (nSPS) is 23.9. The number of piperidine rings is 1. The topological polar surface area (TPSA) is 98.8 Å². The molecule has 2 atom stereocenters. The molecule has 0 saturated carbocycles. The van der Waals surface area contributed by atoms with Crippen LogP contribution in [-0.2, 0) is 14.8 Å². The molecule has 1 aromatic carbocycles. The highest BCUT2D eigenvalue weighted by molar-refractivity contribution is 7.89. The Morgan fingerprint density at radius 3 is 2.35 bits per heavy atom. The first-order valence-corrected chi connectivity index (χ1v) is 12.3. The van der Waals surface area contributed by atoms with Crippen LogP contribution in [0.5, 0.6) is 0 Å². The zero-order valence-electron chi connectivity index (χ0n) is 18.8. The first-order chi connectivity index (χ1) is 14.5. The monoisotopic (exact) mass is 450 g/mol. The minimum absolute atomic E-state index is 0.0790. The Hall–Kier alpha value is -1.97. The fraction of sp³-hybridized carbons (Fsp3) is 0.636. The number of rotatable bonds is 6. The van der Waals surface area contributed by atoms with E-state index in [4.69, 9.17) is 0 Å². The van der Waals surface area contributed by atoms with E-state index in [0.29, 0.717) is 30.5 Å². The Balaban J connectivity index is 1.62. The van der Waals surface area contributed by atoms with E-state index in [-0.39, 0.29) is 35.3 Å². The average Bonchev–Trinajstić information content (AvgIpc) is 2.71. The maximum atomic E-state index is 12.7. The van der Waals surface area contributed by atoms with Crippen LogP contribution in [0.1, 0.15) is 44.5 Å². The van der Waals surface area contributed by atoms with E-state index < -0.39 is 10.0 Å². The van der Waals surface area contributed by atoms with Gasteiger partial charge in [0.1, 0.15) is 0 Å². The SMILES string of the molecule is CC1CC(C)CN(C(C)(C)CNC(=O)c2ccc(S(=O)(=O)N3CCNC(=O)C3)cc2)C1. The van der Waals surface area contributed by atoms with Crippen molar-refractivity contribution in [1.82, 2.24) is 19.8 Å². The number of sulfonamides is 1. The molecule has 0 bridgehead atoms. The largest absolute Gasteiger partial charge is 0.354 e. The number of likely N-dealkylation sites (tertiary alicyclic amines) is 1. The lowest BCUT2D eigenvalue weighted by atomic mass is 9.88. The molecule has 0 spiro atoms. The van der Waals surface area contributed by atoms with Crippen molar-refractivity contribution >= 4 is 21.8 Å². The molecule has 0 aromatic heterocycles. The van der Waals surface area contributed by atoms with Crippen molar-refractivity contribution < 1.29 is 18.0 Å². The molecular weight excluding hydrogens is 416 g/mol. The van der Waals surface area contributed by atoms with Crippen LogP contribution < -0.4 is 10.6 Å². The van der Waals surface area contributed by atoms with E-state index in [9.17, 15) is 18.0 Å². The molecule has 2 heterocycles. The summed E-state index contributed by atoms with van der Waals surface area (Å²) in [5.41, 5.74) is 0.239. The zero-order valence-corrected chi connectivity index (χ0v) is 19.7. The van der Waals surface area contributed by atoms with Gasteiger partial charge in [0.2, 0.25) is 15.9 Å². The third-order valence-electron chi connectivity index (χ3n) is 6.16. The molecule has 2 saturated heterocycles. The first kappa shape index (κ1) is 23.7. The van der Waals surface area contributed by atoms with Gasteiger partial charge in [-0.1, -0.05) is 13.8 Å². The van der Waals surface area contributed by atoms with Gasteiger partial charge in [0.05, 0.1) is 11.4 Å². The molecule has 0 aliphatic carbocycles. The van der Waals surface area contributed by atoms with Crippen LogP contribution in [0, 0.1) is 11.8 Å². The van der Waals surface area contributed by atoms with E-state index >= 15 is 0 Å². The minimum Gasteiger partial charge on any atom is -0.354 e. The Morgan fingerprint density at radius 2 is 1.77 bits per heavy atom. The summed E-state index contributed by atoms with van der Waals surface area (Å²) >= 11 is 0. The lowest BCUT2D eigenvalue weighted by Gasteiger charge is -2.45. The first-order valence-electron chi connectivity index (χ1n) is 10.9. The smallest absolute Gasteiger partial charge is 0.251 e. The van der Waals surface area contributed by atoms with Crippen LogP contribution in [-0.4, -0.2) is 74.2 Å². The van der Waals surface area contributed by atoms with Gasteiger partial charge in [0.15, 0.2) is 0 Å². The van der Waals surface area contributed by atoms with E-state index in [0.717, 1.165) is 17.4 Å². The fourth-order valence-electron chi connectivity index (χ4n) is 4.42. The highest BCUT2D eigenvalue weighted by Crippen LogP contribution is 2.27. The number of nitrogens with zero attached hydrogens (tertiary/aromatic N) is 2. The van der Waals surface area contributed by atoms with Crippen molar-refractivity contribution in [2.45, 2.75) is 44.6 Å². The predicted molar refractivity (Wildman–Crippen MR) is 119 cm³/mol. The summed E-state index contributed by atoms with van der Waals surface area (Å²) in [5.74, 6) is 0.733. The van der Waals surface area contributed by atoms with Crippen LogP contribution in [0.2, 0.25) is 0 Å². The summed E-state index contributed by atoms with van der Waals surface area (Å²) in [4.78, 5) is 26.7. The van der Waals surface area contributed by atoms with Crippen LogP contribution in [0.15, 0.2) is 29.2 Å². The van der Waals surface area contributed by atoms with Crippen molar-refractivity contribution in [3.05, 3.63) is 29.8 Å². The lowest BCUT2D eigenvalue weighted by molar-refractivity contribution is -0.122. The van der Waals surface area contributed by atoms with Gasteiger partial charge >= 0.3 is 0 Å². The molecule has 172 valence electrons. The van der Waals surface area contributed by atoms with Crippen molar-refractivity contribution in [2.75, 3.05) is 39.3 Å². The number of piperazine rings is 1. The maximum Gasteiger partial charge on any atom is 0.251 e. The van der Waals surface area contributed by atoms with Gasteiger partial charge < -0.3 is 10.6 Å². The number of amides is 2. The van der Waals surface area contributed by atoms with Gasteiger partial charge in [-0.15, -0.1) is 0 Å². The van der Waals surface area contributed by atoms with Gasteiger partial charge in [-0.05, 0) is 56.4 Å². The third-order valence-corrected chi connectivity index (χ3v) is 8.02. The molecule has 9 heteroatoms. The Labute approximate surface area is 185 Å². The predicted octanol–water partition coefficient (Wildman–Crippen LogP) is 1.29. The van der Waals surface area contributed by atoms with Gasteiger partial charge in [0, 0.05) is 43.8 Å². The van der Waals surface area contributed by atoms with Crippen LogP contribution in [0.4, 0.5) is 0 Å². The molecule has 2 fully saturated rings. The molecule has 2 aliphatic heterocycles. The quantitative estimate of drug-likeness (QED) is 0.681. The van der Waals surface area contributed by atoms with Crippen LogP contribution in [0.3, 0.4) is 0 Å². The third kappa shape index (κ3) is 5.64. The van der Waals surface area contributed by atoms with E-state index in [1.807, 2.05) is 0 Å². The Morgan fingerprint density at radius 1 is 1.16 bits per heavy atom. The molecule has 8 nitrogen and oxygen atoms in total. The highest BCUT2D eigenvalue weighted by atomic mass is 32.2. The Bertz CT molecular complexity index is 904. The molecule has 3 rings (SSSR count). The standard InChI is InChI=1S/C22H34N4O4S/c1-16-11-17(2)13-25(12-16)22(3,4)15-24-21(28)18-5-7-19(8-6-18)31(29,30)26-10-9-23-20(27)14-26/h5-8,16-17H,9-15H2,1-4H3,(H,23,27)(H,24,28). The van der Waals surface area contributed by atoms with Crippen LogP contribution in [0.25, 0.3) is 0 Å². The number of carbonyl (C=O) groups is 2. The highest BCUT2D eigenvalue weighted by Gasteiger charge is 2.33. The molecule has 31 heavy (non-hydrogen) atoms. The van der Waals surface area contributed by atoms with Crippen molar-refractivity contribution in [3.8, 4) is 0 Å². The fourth-order valence-corrected chi connectivity index (χ4v) is 5.81. The van der Waals surface area contributed by atoms with Crippen LogP contribution >= 0.6 is 0 Å².